The van der Waals surface area contributed by atoms with E-state index in [4.69, 9.17) is 0 Å². The molecule has 0 rings (SSSR count). The van der Waals surface area contributed by atoms with Crippen LogP contribution in [0.5, 0.6) is 0 Å². The molecule has 4 unspecified atom stereocenters. The maximum Gasteiger partial charge on any atom is 0.249 e. The van der Waals surface area contributed by atoms with E-state index in [1.807, 2.05) is 0 Å². The third-order valence-electron chi connectivity index (χ3n) is 8.64. The van der Waals surface area contributed by atoms with Crippen LogP contribution in [0.4, 0.5) is 0 Å². The fourth-order valence-electron chi connectivity index (χ4n) is 5.59. The summed E-state index contributed by atoms with van der Waals surface area (Å²) in [5.41, 5.74) is 0. The molecule has 6 nitrogen and oxygen atoms in total. The van der Waals surface area contributed by atoms with Gasteiger partial charge in [0.2, 0.25) is 5.91 Å². The Morgan fingerprint density at radius 3 is 1.43 bits per heavy atom. The smallest absolute Gasteiger partial charge is 0.249 e. The van der Waals surface area contributed by atoms with Gasteiger partial charge in [-0.3, -0.25) is 4.79 Å². The van der Waals surface area contributed by atoms with Gasteiger partial charge in [-0.1, -0.05) is 154 Å². The normalized spacial score (nSPS) is 14.8. The molecule has 0 aliphatic carbocycles. The maximum atomic E-state index is 12.4. The van der Waals surface area contributed by atoms with E-state index in [2.05, 4.69) is 43.5 Å². The second kappa shape index (κ2) is 33.2. The van der Waals surface area contributed by atoms with Gasteiger partial charge in [0, 0.05) is 0 Å². The Balaban J connectivity index is 3.89. The molecule has 0 saturated heterocycles. The van der Waals surface area contributed by atoms with Gasteiger partial charge in [0.15, 0.2) is 0 Å². The van der Waals surface area contributed by atoms with E-state index in [0.717, 1.165) is 38.5 Å². The summed E-state index contributed by atoms with van der Waals surface area (Å²) in [6.45, 7) is 4.00. The molecule has 44 heavy (non-hydrogen) atoms. The van der Waals surface area contributed by atoms with Crippen molar-refractivity contribution in [3.8, 4) is 0 Å². The van der Waals surface area contributed by atoms with E-state index in [9.17, 15) is 25.2 Å². The molecule has 6 heteroatoms. The first kappa shape index (κ1) is 42.8. The first-order chi connectivity index (χ1) is 21.5. The number of hydrogen-bond acceptors (Lipinski definition) is 5. The van der Waals surface area contributed by atoms with Crippen molar-refractivity contribution in [3.63, 3.8) is 0 Å². The minimum absolute atomic E-state index is 0.362. The molecule has 0 radical (unpaired) electrons. The van der Waals surface area contributed by atoms with Crippen LogP contribution in [0.25, 0.3) is 0 Å². The first-order valence-electron chi connectivity index (χ1n) is 18.7. The van der Waals surface area contributed by atoms with E-state index >= 15 is 0 Å². The second-order valence-electron chi connectivity index (χ2n) is 12.9. The van der Waals surface area contributed by atoms with Crippen molar-refractivity contribution in [2.24, 2.45) is 0 Å². The predicted molar refractivity (Wildman–Crippen MR) is 187 cm³/mol. The molecule has 5 N–H and O–H groups in total. The number of unbranched alkanes of at least 4 members (excludes halogenated alkanes) is 20. The summed E-state index contributed by atoms with van der Waals surface area (Å²) in [4.78, 5) is 12.4. The number of allylic oxidation sites excluding steroid dienone is 4. The van der Waals surface area contributed by atoms with Gasteiger partial charge in [0.25, 0.3) is 0 Å². The maximum absolute atomic E-state index is 12.4. The lowest BCUT2D eigenvalue weighted by Crippen LogP contribution is -2.53. The minimum atomic E-state index is -1.28. The van der Waals surface area contributed by atoms with Gasteiger partial charge in [-0.05, 0) is 51.4 Å². The van der Waals surface area contributed by atoms with Crippen LogP contribution in [0.15, 0.2) is 24.3 Å². The van der Waals surface area contributed by atoms with E-state index in [1.165, 1.54) is 109 Å². The van der Waals surface area contributed by atoms with Crippen LogP contribution in [0.1, 0.15) is 181 Å². The summed E-state index contributed by atoms with van der Waals surface area (Å²) in [6.07, 6.45) is 34.8. The monoisotopic (exact) mass is 624 g/mol. The number of carbonyl (C=O) groups is 1. The Hall–Kier alpha value is -1.21. The average Bonchev–Trinajstić information content (AvgIpc) is 3.03. The molecule has 0 aromatic heterocycles. The number of nitrogens with one attached hydrogen (secondary N) is 1. The van der Waals surface area contributed by atoms with E-state index in [0.29, 0.717) is 19.3 Å². The molecule has 0 aromatic carbocycles. The fraction of sp³-hybridized carbons (Fsp3) is 0.868. The quantitative estimate of drug-likeness (QED) is 0.0371. The highest BCUT2D eigenvalue weighted by Gasteiger charge is 2.28. The summed E-state index contributed by atoms with van der Waals surface area (Å²) in [5.74, 6) is -0.599. The molecule has 0 spiro atoms. The molecule has 0 heterocycles. The van der Waals surface area contributed by atoms with Crippen molar-refractivity contribution < 1.29 is 25.2 Å². The minimum Gasteiger partial charge on any atom is -0.394 e. The van der Waals surface area contributed by atoms with Crippen LogP contribution in [-0.2, 0) is 4.79 Å². The zero-order chi connectivity index (χ0) is 32.5. The van der Waals surface area contributed by atoms with Gasteiger partial charge in [0.1, 0.15) is 12.2 Å². The highest BCUT2D eigenvalue weighted by Crippen LogP contribution is 2.14. The molecule has 1 amide bonds. The molecule has 0 saturated carbocycles. The van der Waals surface area contributed by atoms with Crippen LogP contribution in [0, 0.1) is 0 Å². The molecule has 0 aliphatic rings. The summed E-state index contributed by atoms with van der Waals surface area (Å²) >= 11 is 0. The summed E-state index contributed by atoms with van der Waals surface area (Å²) < 4.78 is 0. The lowest BCUT2D eigenvalue weighted by atomic mass is 10.00. The van der Waals surface area contributed by atoms with Crippen molar-refractivity contribution in [2.75, 3.05) is 6.61 Å². The van der Waals surface area contributed by atoms with Gasteiger partial charge >= 0.3 is 0 Å². The van der Waals surface area contributed by atoms with E-state index < -0.39 is 36.9 Å². The number of amides is 1. The Morgan fingerprint density at radius 2 is 0.955 bits per heavy atom. The van der Waals surface area contributed by atoms with Crippen LogP contribution in [-0.4, -0.2) is 57.3 Å². The van der Waals surface area contributed by atoms with Gasteiger partial charge in [0.05, 0.1) is 18.8 Å². The molecule has 0 fully saturated rings. The predicted octanol–water partition coefficient (Wildman–Crippen LogP) is 8.84. The number of aliphatic hydroxyl groups excluding tert-OH is 4. The molecule has 0 aliphatic heterocycles. The number of rotatable bonds is 33. The zero-order valence-electron chi connectivity index (χ0n) is 28.9. The average molecular weight is 624 g/mol. The Kier molecular flexibility index (Phi) is 32.2. The Labute approximate surface area is 272 Å². The van der Waals surface area contributed by atoms with Crippen LogP contribution in [0.2, 0.25) is 0 Å². The van der Waals surface area contributed by atoms with E-state index in [-0.39, 0.29) is 0 Å². The SMILES string of the molecule is CCCCCCCCC/C=C/CC/C=C/CCCC(O)C(O)C(CO)NC(=O)C(O)CCCCCCCCCCCCCC. The topological polar surface area (TPSA) is 110 Å². The zero-order valence-corrected chi connectivity index (χ0v) is 28.9. The Morgan fingerprint density at radius 1 is 0.545 bits per heavy atom. The molecular formula is C38H73NO5. The highest BCUT2D eigenvalue weighted by atomic mass is 16.3. The van der Waals surface area contributed by atoms with Gasteiger partial charge in [-0.15, -0.1) is 0 Å². The van der Waals surface area contributed by atoms with Crippen LogP contribution < -0.4 is 5.32 Å². The molecule has 4 atom stereocenters. The Bertz CT molecular complexity index is 668. The van der Waals surface area contributed by atoms with Crippen LogP contribution >= 0.6 is 0 Å². The summed E-state index contributed by atoms with van der Waals surface area (Å²) in [6, 6.07) is -1.00. The number of hydrogen-bond donors (Lipinski definition) is 5. The fourth-order valence-corrected chi connectivity index (χ4v) is 5.59. The first-order valence-corrected chi connectivity index (χ1v) is 18.7. The third-order valence-corrected chi connectivity index (χ3v) is 8.64. The van der Waals surface area contributed by atoms with Crippen molar-refractivity contribution in [2.45, 2.75) is 205 Å². The number of aliphatic hydroxyl groups is 4. The van der Waals surface area contributed by atoms with Gasteiger partial charge in [-0.25, -0.2) is 0 Å². The summed E-state index contributed by atoms with van der Waals surface area (Å²) in [7, 11) is 0. The van der Waals surface area contributed by atoms with Gasteiger partial charge in [-0.2, -0.15) is 0 Å². The van der Waals surface area contributed by atoms with Crippen molar-refractivity contribution in [1.82, 2.24) is 5.32 Å². The molecular weight excluding hydrogens is 550 g/mol. The lowest BCUT2D eigenvalue weighted by Gasteiger charge is -2.27. The van der Waals surface area contributed by atoms with Gasteiger partial charge < -0.3 is 25.7 Å². The summed E-state index contributed by atoms with van der Waals surface area (Å²) in [5, 5.41) is 43.4. The lowest BCUT2D eigenvalue weighted by molar-refractivity contribution is -0.132. The van der Waals surface area contributed by atoms with Crippen molar-refractivity contribution in [3.05, 3.63) is 24.3 Å². The molecule has 0 bridgehead atoms. The molecule has 0 aromatic rings. The largest absolute Gasteiger partial charge is 0.394 e. The number of carbonyl (C=O) groups excluding carboxylic acids is 1. The highest BCUT2D eigenvalue weighted by molar-refractivity contribution is 5.80. The van der Waals surface area contributed by atoms with Crippen molar-refractivity contribution in [1.29, 1.82) is 0 Å². The van der Waals surface area contributed by atoms with Crippen LogP contribution in [0.3, 0.4) is 0 Å². The second-order valence-corrected chi connectivity index (χ2v) is 12.9. The van der Waals surface area contributed by atoms with Crippen molar-refractivity contribution >= 4 is 5.91 Å². The standard InChI is InChI=1S/C38H73NO5/c1-3-5-7-9-11-13-15-17-18-19-20-22-23-25-27-29-31-35(41)37(43)34(33-40)39-38(44)36(42)32-30-28-26-24-21-16-14-12-10-8-6-4-2/h18-19,23,25,34-37,40-43H,3-17,20-22,24,26-33H2,1-2H3,(H,39,44)/b19-18+,25-23+. The molecule has 260 valence electrons. The third kappa shape index (κ3) is 27.1. The van der Waals surface area contributed by atoms with E-state index in [1.54, 1.807) is 0 Å².